The molecule has 18 heteroatoms. The minimum atomic E-state index is -3.98. The first-order chi connectivity index (χ1) is 60.1. The summed E-state index contributed by atoms with van der Waals surface area (Å²) in [5.74, 6) is -27.7. The molecule has 0 aromatic heterocycles. The maximum Gasteiger partial charge on any atom is 0.323 e. The maximum absolute atomic E-state index is 13.6. The van der Waals surface area contributed by atoms with Crippen molar-refractivity contribution in [3.05, 3.63) is 69.8 Å². The number of ether oxygens (including phenoxy) is 9. The number of hydrogen-bond donors (Lipinski definition) is 3. The van der Waals surface area contributed by atoms with Crippen LogP contribution >= 0.6 is 0 Å². The Labute approximate surface area is 602 Å². The fourth-order valence-corrected chi connectivity index (χ4v) is 11.0. The second-order valence-corrected chi connectivity index (χ2v) is 23.0. The molecule has 0 saturated carbocycles. The van der Waals surface area contributed by atoms with E-state index in [0.717, 1.165) is 9.80 Å². The summed E-state index contributed by atoms with van der Waals surface area (Å²) in [5, 5.41) is 0. The van der Waals surface area contributed by atoms with Crippen LogP contribution < -0.4 is 45.6 Å². The molecule has 3 aromatic carbocycles. The highest BCUT2D eigenvalue weighted by Crippen LogP contribution is 2.48. The first-order valence-electron chi connectivity index (χ1n) is 51.4. The molecule has 0 spiro atoms. The van der Waals surface area contributed by atoms with Gasteiger partial charge in [0.15, 0.2) is 34.5 Å². The number of methoxy groups -OCH3 is 6. The van der Waals surface area contributed by atoms with Gasteiger partial charge in [-0.3, -0.25) is 29.1 Å². The Morgan fingerprint density at radius 2 is 0.722 bits per heavy atom. The second-order valence-electron chi connectivity index (χ2n) is 23.0. The normalized spacial score (nSPS) is 40.6. The van der Waals surface area contributed by atoms with Gasteiger partial charge >= 0.3 is 17.9 Å². The van der Waals surface area contributed by atoms with Crippen LogP contribution in [0.15, 0.2) is 36.4 Å². The lowest BCUT2D eigenvalue weighted by molar-refractivity contribution is -0.161. The molecule has 90 heavy (non-hydrogen) atoms. The molecular weight excluding hydrogens is 1140 g/mol. The van der Waals surface area contributed by atoms with Gasteiger partial charge in [-0.05, 0) is 144 Å². The van der Waals surface area contributed by atoms with Gasteiger partial charge < -0.3 is 59.8 Å². The van der Waals surface area contributed by atoms with E-state index in [1.54, 1.807) is 47.6 Å². The zero-order valence-electron chi connectivity index (χ0n) is 97.0. The van der Waals surface area contributed by atoms with Gasteiger partial charge in [-0.2, -0.15) is 0 Å². The van der Waals surface area contributed by atoms with E-state index in [9.17, 15) is 26.7 Å². The van der Waals surface area contributed by atoms with E-state index in [1.807, 2.05) is 0 Å². The predicted octanol–water partition coefficient (Wildman–Crippen LogP) is 10.7. The van der Waals surface area contributed by atoms with Crippen molar-refractivity contribution in [1.29, 1.82) is 0 Å². The number of hydrogen-bond acceptors (Lipinski definition) is 18. The highest BCUT2D eigenvalue weighted by molar-refractivity contribution is 5.77. The van der Waals surface area contributed by atoms with E-state index in [0.29, 0.717) is 22.4 Å². The van der Waals surface area contributed by atoms with Crippen molar-refractivity contribution in [2.24, 2.45) is 70.3 Å². The van der Waals surface area contributed by atoms with Crippen molar-refractivity contribution >= 4 is 17.9 Å². The molecule has 3 saturated heterocycles. The highest BCUT2D eigenvalue weighted by Gasteiger charge is 2.45. The number of nitrogens with two attached hydrogens (primary N) is 3. The van der Waals surface area contributed by atoms with E-state index in [-0.39, 0.29) is 90.8 Å². The van der Waals surface area contributed by atoms with Gasteiger partial charge in [0.25, 0.3) is 0 Å². The highest BCUT2D eigenvalue weighted by atomic mass is 16.6. The maximum atomic E-state index is 13.6. The third-order valence-corrected chi connectivity index (χ3v) is 15.2. The van der Waals surface area contributed by atoms with Crippen molar-refractivity contribution in [3.63, 3.8) is 0 Å². The van der Waals surface area contributed by atoms with Gasteiger partial charge in [0.05, 0.1) is 54.9 Å². The van der Waals surface area contributed by atoms with Crippen molar-refractivity contribution < 1.29 is 119 Å². The Hall–Kier alpha value is -5.37. The van der Waals surface area contributed by atoms with Crippen LogP contribution in [0.3, 0.4) is 0 Å². The monoisotopic (exact) mass is 1300 g/mol. The Bertz CT molecular complexity index is 4580. The van der Waals surface area contributed by atoms with Crippen molar-refractivity contribution in [3.8, 4) is 34.5 Å². The largest absolute Gasteiger partial charge is 0.493 e. The number of piperidine rings is 3. The van der Waals surface area contributed by atoms with Gasteiger partial charge in [0.1, 0.15) is 36.4 Å². The summed E-state index contributed by atoms with van der Waals surface area (Å²) in [6.45, 7) is -22.0. The van der Waals surface area contributed by atoms with E-state index >= 15 is 0 Å². The molecule has 0 aliphatic carbocycles. The van der Waals surface area contributed by atoms with Crippen LogP contribution in [0.5, 0.6) is 34.5 Å². The molecule has 0 radical (unpaired) electrons. The summed E-state index contributed by atoms with van der Waals surface area (Å²) in [5.41, 5.74) is 18.8. The standard InChI is InChI=1S/3C24H38N2O4/c3*1-14(2)9-17-13-26-8-7-16-10-21(28-5)22(29-6)11-18(16)19(26)12-20(17)30-24(27)23(25)15(3)4/h3*10-11,14-15,17,19-20,23H,7-9,12-13,25H2,1-6H3/t3*17?,19?,20?,23-/m000/s1/i2*3D3,4D3,5D3,12D2,13D2,15D,17D,23D;3D3,4D3,12D2,13D2,15D,17D,23D. The summed E-state index contributed by atoms with van der Waals surface area (Å²) < 4.78 is 419. The summed E-state index contributed by atoms with van der Waals surface area (Å²) in [6.07, 6.45) is -16.7. The smallest absolute Gasteiger partial charge is 0.323 e. The van der Waals surface area contributed by atoms with Gasteiger partial charge in [0.2, 0.25) is 0 Å². The van der Waals surface area contributed by atoms with Crippen LogP contribution in [0.1, 0.15) is 234 Å². The topological polar surface area (TPSA) is 222 Å². The molecule has 3 aromatic rings. The first-order valence-corrected chi connectivity index (χ1v) is 28.9. The second kappa shape index (κ2) is 32.5. The van der Waals surface area contributed by atoms with E-state index in [2.05, 4.69) is 0 Å². The van der Waals surface area contributed by atoms with Crippen LogP contribution in [0.2, 0.25) is 0 Å². The number of nitrogens with zero attached hydrogens (tertiary/aromatic N) is 3. The molecule has 6 aliphatic rings. The quantitative estimate of drug-likeness (QED) is 0.0666. The zero-order chi connectivity index (χ0) is 105. The van der Waals surface area contributed by atoms with Crippen molar-refractivity contribution in [2.75, 3.05) is 81.6 Å². The van der Waals surface area contributed by atoms with E-state index < -0.39 is 232 Å². The van der Waals surface area contributed by atoms with Gasteiger partial charge in [-0.25, -0.2) is 0 Å². The molecule has 9 rings (SSSR count). The lowest BCUT2D eigenvalue weighted by atomic mass is 9.79. The third kappa shape index (κ3) is 17.5. The fraction of sp³-hybridized carbons (Fsp3) is 0.708. The van der Waals surface area contributed by atoms with Crippen LogP contribution in [0, 0.1) is 53.1 Å². The van der Waals surface area contributed by atoms with E-state index in [4.69, 9.17) is 109 Å². The molecule has 18 nitrogen and oxygen atoms in total. The number of carbonyl (C=O) groups excluding carboxylic acids is 3. The molecule has 6 aliphatic heterocycles. The van der Waals surface area contributed by atoms with Gasteiger partial charge in [-0.1, -0.05) is 82.7 Å². The zero-order valence-corrected chi connectivity index (χ0v) is 52.0. The third-order valence-electron chi connectivity index (χ3n) is 15.2. The molecule has 0 bridgehead atoms. The molecular formula is C72H114N6O12. The Balaban J connectivity index is 0.000000276. The SMILES string of the molecule is [2H]C([2H])([2H])Oc1cc2c(cc1OC)C1N(CC2)C([2H])([2H])C([2H])(CC(C)C)C(OC(=O)[C@@]([2H])(N)C([2H])(C([2H])([2H])[2H])C([2H])([2H])[2H])C1([2H])[2H].[2H]C([2H])([2H])Oc1cc2c(cc1OC)C1N(CC2)C([2H])([2H])C([2H])(CC(C)C)C(OC(=O)[C@@]([2H])(N)C([2H])(C([2H])([2H])[2H])C([2H])([2H])[2H])C1([2H])[2H].[2H]C1([2H])C2c3cc(OC)c(OC)cc3CCN2C([2H])([2H])C([2H])(CC(C)C)C1OC(=O)[C@@]([2H])(N)C([2H])(C([2H])([2H])[2H])C([2H])([2H])[2H]. The molecule has 3 fully saturated rings. The van der Waals surface area contributed by atoms with Crippen LogP contribution in [-0.2, 0) is 47.9 Å². The number of rotatable bonds is 21. The van der Waals surface area contributed by atoms with Crippen LogP contribution in [0.4, 0.5) is 0 Å². The minimum absolute atomic E-state index is 0.0355. The number of benzene rings is 3. The fourth-order valence-electron chi connectivity index (χ4n) is 11.0. The lowest BCUT2D eigenvalue weighted by Crippen LogP contribution is -2.51. The Kier molecular flexibility index (Phi) is 11.6. The molecule has 6 heterocycles. The predicted molar refractivity (Wildman–Crippen MR) is 353 cm³/mol. The number of fused-ring (bicyclic) bond motifs is 9. The van der Waals surface area contributed by atoms with E-state index in [1.165, 1.54) is 63.7 Å². The number of esters is 3. The average Bonchev–Trinajstić information content (AvgIpc) is 0.690. The molecule has 6 N–H and O–H groups in total. The van der Waals surface area contributed by atoms with Crippen LogP contribution in [0.25, 0.3) is 0 Å². The average molecular weight is 1300 g/mol. The lowest BCUT2D eigenvalue weighted by Gasteiger charge is -2.47. The van der Waals surface area contributed by atoms with Gasteiger partial charge in [-0.15, -0.1) is 0 Å². The van der Waals surface area contributed by atoms with Crippen molar-refractivity contribution in [2.45, 2.75) is 195 Å². The Morgan fingerprint density at radius 1 is 0.467 bits per heavy atom. The minimum Gasteiger partial charge on any atom is -0.493 e. The molecule has 0 amide bonds. The summed E-state index contributed by atoms with van der Waals surface area (Å²) in [4.78, 5) is 44.1. The summed E-state index contributed by atoms with van der Waals surface area (Å²) in [6, 6.07) is -8.17. The summed E-state index contributed by atoms with van der Waals surface area (Å²) in [7, 11) is -0.575. The van der Waals surface area contributed by atoms with Crippen molar-refractivity contribution in [1.82, 2.24) is 14.7 Å². The van der Waals surface area contributed by atoms with Gasteiger partial charge in [0, 0.05) is 143 Å². The number of carbonyl (C=O) groups is 3. The first kappa shape index (κ1) is 32.2. The Morgan fingerprint density at radius 3 is 0.956 bits per heavy atom. The van der Waals surface area contributed by atoms with Crippen LogP contribution in [-0.4, -0.2) is 151 Å². The molecule has 504 valence electrons. The molecule has 12 atom stereocenters. The summed E-state index contributed by atoms with van der Waals surface area (Å²) >= 11 is 0. The molecule has 9 unspecified atom stereocenters.